The Hall–Kier alpha value is -4.70. The minimum atomic E-state index is -4.60. The summed E-state index contributed by atoms with van der Waals surface area (Å²) >= 11 is 0. The highest BCUT2D eigenvalue weighted by atomic mass is 19.4. The average molecular weight is 646 g/mol. The van der Waals surface area contributed by atoms with E-state index in [0.29, 0.717) is 35.6 Å². The van der Waals surface area contributed by atoms with Gasteiger partial charge in [0.15, 0.2) is 0 Å². The number of rotatable bonds is 6. The number of hydrogen-bond donors (Lipinski definition) is 2. The van der Waals surface area contributed by atoms with Crippen LogP contribution in [-0.4, -0.2) is 31.1 Å². The van der Waals surface area contributed by atoms with Crippen molar-refractivity contribution in [1.29, 1.82) is 0 Å². The zero-order chi connectivity index (χ0) is 33.3. The van der Waals surface area contributed by atoms with Crippen molar-refractivity contribution in [1.82, 2.24) is 0 Å². The van der Waals surface area contributed by atoms with E-state index >= 15 is 4.39 Å². The van der Waals surface area contributed by atoms with Crippen LogP contribution in [0.1, 0.15) is 57.1 Å². The monoisotopic (exact) mass is 645 g/mol. The molecule has 2 amide bonds. The fourth-order valence-corrected chi connectivity index (χ4v) is 6.57. The number of halogens is 4. The zero-order valence-corrected chi connectivity index (χ0v) is 26.0. The van der Waals surface area contributed by atoms with Gasteiger partial charge in [-0.15, -0.1) is 0 Å². The number of aryl methyl sites for hydroxylation is 2. The molecule has 244 valence electrons. The van der Waals surface area contributed by atoms with Crippen LogP contribution >= 0.6 is 0 Å². The predicted octanol–water partition coefficient (Wildman–Crippen LogP) is 8.25. The SMILES string of the molecule is Cc1ccc(NC(=O)[C@H]2Cc3ccccc3N(C(=O)c3c(C)cccc3F)[C@H]2c2ccc(NC3CCOCC3)cc2)cc1C(F)(F)F. The van der Waals surface area contributed by atoms with E-state index < -0.39 is 41.3 Å². The van der Waals surface area contributed by atoms with E-state index in [4.69, 9.17) is 4.74 Å². The van der Waals surface area contributed by atoms with Crippen molar-refractivity contribution in [2.45, 2.75) is 51.4 Å². The first kappa shape index (κ1) is 32.2. The minimum absolute atomic E-state index is 0.00984. The van der Waals surface area contributed by atoms with E-state index in [0.717, 1.165) is 24.6 Å². The number of benzene rings is 4. The molecular weight excluding hydrogens is 610 g/mol. The smallest absolute Gasteiger partial charge is 0.382 e. The normalized spacial score (nSPS) is 18.4. The van der Waals surface area contributed by atoms with Crippen molar-refractivity contribution in [2.24, 2.45) is 5.92 Å². The van der Waals surface area contributed by atoms with Crippen molar-refractivity contribution < 1.29 is 31.9 Å². The second-order valence-electron chi connectivity index (χ2n) is 12.2. The van der Waals surface area contributed by atoms with Gasteiger partial charge in [-0.05, 0) is 91.8 Å². The molecule has 2 aliphatic rings. The van der Waals surface area contributed by atoms with Crippen LogP contribution in [0.2, 0.25) is 0 Å². The molecule has 4 aromatic carbocycles. The highest BCUT2D eigenvalue weighted by Crippen LogP contribution is 2.44. The van der Waals surface area contributed by atoms with Gasteiger partial charge in [0.25, 0.3) is 5.91 Å². The molecule has 0 saturated carbocycles. The van der Waals surface area contributed by atoms with Crippen LogP contribution in [0.3, 0.4) is 0 Å². The first-order chi connectivity index (χ1) is 22.5. The van der Waals surface area contributed by atoms with Crippen LogP contribution in [0.4, 0.5) is 34.6 Å². The molecule has 0 spiro atoms. The maximum atomic E-state index is 15.3. The lowest BCUT2D eigenvalue weighted by Crippen LogP contribution is -2.47. The number of anilines is 3. The molecule has 0 unspecified atom stereocenters. The summed E-state index contributed by atoms with van der Waals surface area (Å²) in [7, 11) is 0. The maximum absolute atomic E-state index is 15.3. The number of alkyl halides is 3. The van der Waals surface area contributed by atoms with Crippen LogP contribution in [-0.2, 0) is 22.1 Å². The molecule has 4 aromatic rings. The van der Waals surface area contributed by atoms with Crippen molar-refractivity contribution in [3.63, 3.8) is 0 Å². The molecule has 2 N–H and O–H groups in total. The molecule has 6 rings (SSSR count). The molecule has 10 heteroatoms. The van der Waals surface area contributed by atoms with Crippen LogP contribution in [0.25, 0.3) is 0 Å². The lowest BCUT2D eigenvalue weighted by molar-refractivity contribution is -0.138. The minimum Gasteiger partial charge on any atom is -0.382 e. The van der Waals surface area contributed by atoms with Gasteiger partial charge < -0.3 is 15.4 Å². The van der Waals surface area contributed by atoms with Crippen LogP contribution in [0.5, 0.6) is 0 Å². The fraction of sp³-hybridized carbons (Fsp3) is 0.297. The quantitative estimate of drug-likeness (QED) is 0.207. The molecule has 1 saturated heterocycles. The van der Waals surface area contributed by atoms with Gasteiger partial charge in [0.05, 0.1) is 23.1 Å². The Morgan fingerprint density at radius 1 is 0.851 bits per heavy atom. The Kier molecular flexibility index (Phi) is 9.05. The summed E-state index contributed by atoms with van der Waals surface area (Å²) in [5.74, 6) is -2.79. The summed E-state index contributed by atoms with van der Waals surface area (Å²) in [4.78, 5) is 30.1. The second-order valence-corrected chi connectivity index (χ2v) is 12.2. The Morgan fingerprint density at radius 2 is 1.55 bits per heavy atom. The standard InChI is InChI=1S/C37H35F4N3O3/c1-22-10-13-28(21-30(22)37(39,40)41)43-35(45)29-20-25-7-3-4-9-32(25)44(36(46)33-23(2)6-5-8-31(33)38)34(29)24-11-14-26(15-12-24)42-27-16-18-47-19-17-27/h3-15,21,27,29,34,42H,16-20H2,1-2H3,(H,43,45)/t29-,34-/m0/s1. The summed E-state index contributed by atoms with van der Waals surface area (Å²) in [5, 5.41) is 6.20. The third-order valence-electron chi connectivity index (χ3n) is 9.00. The first-order valence-electron chi connectivity index (χ1n) is 15.6. The molecule has 0 aliphatic carbocycles. The van der Waals surface area contributed by atoms with E-state index in [9.17, 15) is 22.8 Å². The number of carbonyl (C=O) groups is 2. The molecule has 1 fully saturated rings. The molecule has 0 aromatic heterocycles. The topological polar surface area (TPSA) is 70.7 Å². The lowest BCUT2D eigenvalue weighted by atomic mass is 9.80. The summed E-state index contributed by atoms with van der Waals surface area (Å²) in [6, 6.07) is 22.0. The number of nitrogens with one attached hydrogen (secondary N) is 2. The molecule has 47 heavy (non-hydrogen) atoms. The van der Waals surface area contributed by atoms with Gasteiger partial charge >= 0.3 is 6.18 Å². The number of para-hydroxylation sites is 1. The van der Waals surface area contributed by atoms with Crippen molar-refractivity contribution in [2.75, 3.05) is 28.7 Å². The number of carbonyl (C=O) groups excluding carboxylic acids is 2. The van der Waals surface area contributed by atoms with Gasteiger partial charge in [-0.3, -0.25) is 14.5 Å². The predicted molar refractivity (Wildman–Crippen MR) is 173 cm³/mol. The Bertz CT molecular complexity index is 1760. The largest absolute Gasteiger partial charge is 0.416 e. The number of amides is 2. The lowest BCUT2D eigenvalue weighted by Gasteiger charge is -2.42. The van der Waals surface area contributed by atoms with Gasteiger partial charge in [-0.25, -0.2) is 4.39 Å². The third-order valence-corrected chi connectivity index (χ3v) is 9.00. The van der Waals surface area contributed by atoms with Crippen LogP contribution < -0.4 is 15.5 Å². The Labute approximate surface area is 270 Å². The first-order valence-corrected chi connectivity index (χ1v) is 15.6. The molecule has 2 atom stereocenters. The molecule has 2 heterocycles. The van der Waals surface area contributed by atoms with Crippen molar-refractivity contribution in [3.8, 4) is 0 Å². The number of ether oxygens (including phenoxy) is 1. The van der Waals surface area contributed by atoms with E-state index in [2.05, 4.69) is 10.6 Å². The Balaban J connectivity index is 1.43. The second kappa shape index (κ2) is 13.2. The van der Waals surface area contributed by atoms with Crippen molar-refractivity contribution >= 4 is 28.9 Å². The average Bonchev–Trinajstić information content (AvgIpc) is 3.05. The molecule has 0 bridgehead atoms. The molecule has 6 nitrogen and oxygen atoms in total. The van der Waals surface area contributed by atoms with Gasteiger partial charge in [-0.1, -0.05) is 48.5 Å². The van der Waals surface area contributed by atoms with Gasteiger partial charge in [0.2, 0.25) is 5.91 Å². The van der Waals surface area contributed by atoms with E-state index in [-0.39, 0.29) is 29.3 Å². The third kappa shape index (κ3) is 6.74. The summed E-state index contributed by atoms with van der Waals surface area (Å²) in [6.45, 7) is 4.35. The van der Waals surface area contributed by atoms with E-state index in [1.165, 1.54) is 36.1 Å². The molecule has 2 aliphatic heterocycles. The van der Waals surface area contributed by atoms with Crippen LogP contribution in [0, 0.1) is 25.6 Å². The number of fused-ring (bicyclic) bond motifs is 1. The zero-order valence-electron chi connectivity index (χ0n) is 26.0. The van der Waals surface area contributed by atoms with Gasteiger partial charge in [0, 0.05) is 36.3 Å². The summed E-state index contributed by atoms with van der Waals surface area (Å²) in [5.41, 5.74) is 2.21. The van der Waals surface area contributed by atoms with E-state index in [1.807, 2.05) is 24.3 Å². The number of hydrogen-bond acceptors (Lipinski definition) is 4. The summed E-state index contributed by atoms with van der Waals surface area (Å²) in [6.07, 6.45) is -2.67. The highest BCUT2D eigenvalue weighted by Gasteiger charge is 2.43. The Morgan fingerprint density at radius 3 is 2.26 bits per heavy atom. The van der Waals surface area contributed by atoms with E-state index in [1.54, 1.807) is 37.3 Å². The van der Waals surface area contributed by atoms with Gasteiger partial charge in [-0.2, -0.15) is 13.2 Å². The molecular formula is C37H35F4N3O3. The van der Waals surface area contributed by atoms with Crippen LogP contribution in [0.15, 0.2) is 84.9 Å². The van der Waals surface area contributed by atoms with Crippen molar-refractivity contribution in [3.05, 3.63) is 124 Å². The maximum Gasteiger partial charge on any atom is 0.416 e. The summed E-state index contributed by atoms with van der Waals surface area (Å²) < 4.78 is 61.9. The number of nitrogens with zero attached hydrogens (tertiary/aromatic N) is 1. The molecule has 0 radical (unpaired) electrons. The highest BCUT2D eigenvalue weighted by molar-refractivity contribution is 6.09. The van der Waals surface area contributed by atoms with Gasteiger partial charge in [0.1, 0.15) is 5.82 Å². The fourth-order valence-electron chi connectivity index (χ4n) is 6.57.